The van der Waals surface area contributed by atoms with Gasteiger partial charge in [0.05, 0.1) is 34.6 Å². The van der Waals surface area contributed by atoms with Gasteiger partial charge in [-0.25, -0.2) is 9.69 Å². The van der Waals surface area contributed by atoms with Gasteiger partial charge in [0.25, 0.3) is 17.7 Å². The second kappa shape index (κ2) is 10.8. The van der Waals surface area contributed by atoms with Crippen molar-refractivity contribution in [2.24, 2.45) is 0 Å². The lowest BCUT2D eigenvalue weighted by Gasteiger charge is -2.16. The summed E-state index contributed by atoms with van der Waals surface area (Å²) in [4.78, 5) is 50.9. The summed E-state index contributed by atoms with van der Waals surface area (Å²) in [6.45, 7) is 0. The number of esters is 1. The second-order valence-electron chi connectivity index (χ2n) is 8.03. The van der Waals surface area contributed by atoms with E-state index in [1.165, 1.54) is 55.6 Å². The summed E-state index contributed by atoms with van der Waals surface area (Å²) in [6, 6.07) is 13.7. The van der Waals surface area contributed by atoms with Crippen molar-refractivity contribution in [1.29, 1.82) is 0 Å². The monoisotopic (exact) mass is 577 g/mol. The second-order valence-corrected chi connectivity index (χ2v) is 8.81. The highest BCUT2D eigenvalue weighted by Gasteiger charge is 2.39. The molecule has 0 bridgehead atoms. The standard InChI is InChI=1S/C26H16Cl2F3N3O5/c1-39-25(38)14-3-2-4-17(11-14)34-23(36)20(28)21(24(34)37)32-16-8-5-13(6-9-16)22(35)33-19-12-15(26(29,30)31)7-10-18(19)27/h2-12,32H,1H3,(H,33,35). The van der Waals surface area contributed by atoms with Crippen molar-refractivity contribution in [3.8, 4) is 0 Å². The normalized spacial score (nSPS) is 13.5. The molecule has 2 N–H and O–H groups in total. The Balaban J connectivity index is 1.49. The molecule has 0 unspecified atom stereocenters. The molecule has 0 spiro atoms. The Hall–Kier alpha value is -4.35. The summed E-state index contributed by atoms with van der Waals surface area (Å²) in [5.41, 5.74) is -0.863. The maximum absolute atomic E-state index is 13.0. The highest BCUT2D eigenvalue weighted by atomic mass is 35.5. The third-order valence-corrected chi connectivity index (χ3v) is 6.19. The molecule has 39 heavy (non-hydrogen) atoms. The lowest BCUT2D eigenvalue weighted by atomic mass is 10.1. The van der Waals surface area contributed by atoms with Crippen LogP contribution in [0.1, 0.15) is 26.3 Å². The van der Waals surface area contributed by atoms with Gasteiger partial charge >= 0.3 is 12.1 Å². The van der Waals surface area contributed by atoms with Gasteiger partial charge in [-0.3, -0.25) is 14.4 Å². The van der Waals surface area contributed by atoms with Gasteiger partial charge in [0.1, 0.15) is 10.7 Å². The number of nitrogens with zero attached hydrogens (tertiary/aromatic N) is 1. The van der Waals surface area contributed by atoms with E-state index in [9.17, 15) is 32.3 Å². The van der Waals surface area contributed by atoms with Crippen LogP contribution < -0.4 is 15.5 Å². The van der Waals surface area contributed by atoms with Crippen LogP contribution in [0.15, 0.2) is 77.5 Å². The van der Waals surface area contributed by atoms with E-state index in [0.717, 1.165) is 23.1 Å². The maximum Gasteiger partial charge on any atom is 0.416 e. The molecular weight excluding hydrogens is 562 g/mol. The molecule has 13 heteroatoms. The van der Waals surface area contributed by atoms with E-state index in [4.69, 9.17) is 23.2 Å². The number of carbonyl (C=O) groups excluding carboxylic acids is 4. The number of anilines is 3. The van der Waals surface area contributed by atoms with E-state index >= 15 is 0 Å². The van der Waals surface area contributed by atoms with Crippen LogP contribution in [-0.4, -0.2) is 30.8 Å². The molecular formula is C26H16Cl2F3N3O5. The largest absolute Gasteiger partial charge is 0.465 e. The van der Waals surface area contributed by atoms with E-state index in [1.807, 2.05) is 0 Å². The van der Waals surface area contributed by atoms with Crippen LogP contribution in [0.5, 0.6) is 0 Å². The summed E-state index contributed by atoms with van der Waals surface area (Å²) in [5.74, 6) is -3.00. The Morgan fingerprint density at radius 1 is 0.897 bits per heavy atom. The highest BCUT2D eigenvalue weighted by Crippen LogP contribution is 2.34. The minimum Gasteiger partial charge on any atom is -0.465 e. The topological polar surface area (TPSA) is 105 Å². The Labute approximate surface area is 228 Å². The average Bonchev–Trinajstić information content (AvgIpc) is 3.12. The molecule has 3 aromatic carbocycles. The van der Waals surface area contributed by atoms with Crippen LogP contribution in [0.25, 0.3) is 0 Å². The van der Waals surface area contributed by atoms with Crippen LogP contribution in [0, 0.1) is 0 Å². The quantitative estimate of drug-likeness (QED) is 0.282. The van der Waals surface area contributed by atoms with Gasteiger partial charge in [-0.15, -0.1) is 0 Å². The van der Waals surface area contributed by atoms with Gasteiger partial charge in [-0.05, 0) is 60.7 Å². The number of hydrogen-bond acceptors (Lipinski definition) is 6. The number of ether oxygens (including phenoxy) is 1. The van der Waals surface area contributed by atoms with E-state index in [2.05, 4.69) is 15.4 Å². The highest BCUT2D eigenvalue weighted by molar-refractivity contribution is 6.53. The molecule has 200 valence electrons. The van der Waals surface area contributed by atoms with E-state index < -0.39 is 40.5 Å². The summed E-state index contributed by atoms with van der Waals surface area (Å²) >= 11 is 12.1. The Bertz CT molecular complexity index is 1540. The van der Waals surface area contributed by atoms with E-state index in [1.54, 1.807) is 0 Å². The Kier molecular flexibility index (Phi) is 7.66. The van der Waals surface area contributed by atoms with Crippen molar-refractivity contribution in [2.45, 2.75) is 6.18 Å². The SMILES string of the molecule is COC(=O)c1cccc(N2C(=O)C(Cl)=C(Nc3ccc(C(=O)Nc4cc(C(F)(F)F)ccc4Cl)cc3)C2=O)c1. The van der Waals surface area contributed by atoms with Crippen molar-refractivity contribution in [3.05, 3.63) is 99.2 Å². The fraction of sp³-hybridized carbons (Fsp3) is 0.0769. The molecule has 1 heterocycles. The number of halogens is 5. The first-order valence-electron chi connectivity index (χ1n) is 10.9. The first kappa shape index (κ1) is 27.7. The van der Waals surface area contributed by atoms with Gasteiger partial charge in [0.2, 0.25) is 0 Å². The molecule has 0 radical (unpaired) electrons. The molecule has 1 aliphatic rings. The molecule has 3 aromatic rings. The van der Waals surface area contributed by atoms with Gasteiger partial charge in [0, 0.05) is 11.3 Å². The molecule has 0 saturated heterocycles. The van der Waals surface area contributed by atoms with Crippen LogP contribution in [-0.2, 0) is 20.5 Å². The maximum atomic E-state index is 13.0. The van der Waals surface area contributed by atoms with Gasteiger partial charge in [-0.2, -0.15) is 13.2 Å². The first-order valence-corrected chi connectivity index (χ1v) is 11.7. The number of methoxy groups -OCH3 is 1. The molecule has 0 aliphatic carbocycles. The van der Waals surface area contributed by atoms with Crippen LogP contribution in [0.2, 0.25) is 5.02 Å². The number of imide groups is 1. The molecule has 0 atom stereocenters. The van der Waals surface area contributed by atoms with Gasteiger partial charge < -0.3 is 15.4 Å². The fourth-order valence-electron chi connectivity index (χ4n) is 3.58. The van der Waals surface area contributed by atoms with Crippen molar-refractivity contribution in [3.63, 3.8) is 0 Å². The minimum absolute atomic E-state index is 0.0733. The predicted octanol–water partition coefficient (Wildman–Crippen LogP) is 5.83. The number of hydrogen-bond donors (Lipinski definition) is 2. The zero-order valence-corrected chi connectivity index (χ0v) is 21.2. The number of benzene rings is 3. The molecule has 0 aromatic heterocycles. The number of nitrogens with one attached hydrogen (secondary N) is 2. The summed E-state index contributed by atoms with van der Waals surface area (Å²) in [5, 5.41) is 4.59. The number of carbonyl (C=O) groups is 4. The Morgan fingerprint density at radius 2 is 1.59 bits per heavy atom. The number of amides is 3. The van der Waals surface area contributed by atoms with Crippen molar-refractivity contribution < 1.29 is 37.1 Å². The molecule has 4 rings (SSSR count). The van der Waals surface area contributed by atoms with Crippen molar-refractivity contribution in [1.82, 2.24) is 0 Å². The van der Waals surface area contributed by atoms with Crippen molar-refractivity contribution in [2.75, 3.05) is 22.6 Å². The predicted molar refractivity (Wildman–Crippen MR) is 138 cm³/mol. The third-order valence-electron chi connectivity index (χ3n) is 5.51. The minimum atomic E-state index is -4.62. The van der Waals surface area contributed by atoms with E-state index in [0.29, 0.717) is 0 Å². The molecule has 1 aliphatic heterocycles. The van der Waals surface area contributed by atoms with Crippen LogP contribution >= 0.6 is 23.2 Å². The van der Waals surface area contributed by atoms with E-state index in [-0.39, 0.29) is 38.9 Å². The summed E-state index contributed by atoms with van der Waals surface area (Å²) < 4.78 is 43.6. The lowest BCUT2D eigenvalue weighted by Crippen LogP contribution is -2.32. The summed E-state index contributed by atoms with van der Waals surface area (Å²) in [7, 11) is 1.19. The molecule has 0 fully saturated rings. The fourth-order valence-corrected chi connectivity index (χ4v) is 3.95. The Morgan fingerprint density at radius 3 is 2.23 bits per heavy atom. The van der Waals surface area contributed by atoms with Gasteiger partial charge in [-0.1, -0.05) is 29.3 Å². The zero-order chi connectivity index (χ0) is 28.5. The average molecular weight is 578 g/mol. The lowest BCUT2D eigenvalue weighted by molar-refractivity contribution is -0.137. The zero-order valence-electron chi connectivity index (χ0n) is 19.7. The summed E-state index contributed by atoms with van der Waals surface area (Å²) in [6.07, 6.45) is -4.62. The van der Waals surface area contributed by atoms with Crippen LogP contribution in [0.3, 0.4) is 0 Å². The van der Waals surface area contributed by atoms with Crippen molar-refractivity contribution >= 4 is 64.0 Å². The van der Waals surface area contributed by atoms with Crippen LogP contribution in [0.4, 0.5) is 30.2 Å². The number of rotatable bonds is 6. The smallest absolute Gasteiger partial charge is 0.416 e. The first-order chi connectivity index (χ1) is 18.4. The number of alkyl halides is 3. The van der Waals surface area contributed by atoms with Gasteiger partial charge in [0.15, 0.2) is 0 Å². The molecule has 8 nitrogen and oxygen atoms in total. The molecule has 0 saturated carbocycles. The third kappa shape index (κ3) is 5.74. The molecule has 3 amide bonds.